The van der Waals surface area contributed by atoms with E-state index in [4.69, 9.17) is 11.2 Å². The summed E-state index contributed by atoms with van der Waals surface area (Å²) in [5.74, 6) is 2.52. The zero-order valence-corrected chi connectivity index (χ0v) is 8.47. The fourth-order valence-corrected chi connectivity index (χ4v) is 1.20. The van der Waals surface area contributed by atoms with E-state index in [1.165, 1.54) is 0 Å². The first-order chi connectivity index (χ1) is 6.34. The summed E-state index contributed by atoms with van der Waals surface area (Å²) in [6.07, 6.45) is 5.74. The van der Waals surface area contributed by atoms with Crippen LogP contribution in [-0.2, 0) is 20.6 Å². The van der Waals surface area contributed by atoms with Crippen molar-refractivity contribution in [3.05, 3.63) is 35.9 Å². The average Bonchev–Trinajstić information content (AvgIpc) is 2.19. The second kappa shape index (κ2) is 5.73. The van der Waals surface area contributed by atoms with Crippen LogP contribution in [0.1, 0.15) is 12.0 Å². The minimum absolute atomic E-state index is 0.563. The zero-order chi connectivity index (χ0) is 9.52. The van der Waals surface area contributed by atoms with Crippen molar-refractivity contribution in [3.63, 3.8) is 0 Å². The van der Waals surface area contributed by atoms with Crippen LogP contribution in [0.5, 0.6) is 0 Å². The van der Waals surface area contributed by atoms with Gasteiger partial charge in [-0.25, -0.2) is 0 Å². The summed E-state index contributed by atoms with van der Waals surface area (Å²) in [6.45, 7) is 0.563. The third-order valence-electron chi connectivity index (χ3n) is 1.49. The van der Waals surface area contributed by atoms with Crippen molar-refractivity contribution < 1.29 is 20.6 Å². The molecule has 0 amide bonds. The Morgan fingerprint density at radius 1 is 1.38 bits per heavy atom. The van der Waals surface area contributed by atoms with Crippen molar-refractivity contribution >= 4 is 4.57 Å². The molecule has 0 aromatic heterocycles. The predicted octanol–water partition coefficient (Wildman–Crippen LogP) is 1.75. The number of rotatable bonds is 4. The van der Waals surface area contributed by atoms with Crippen LogP contribution >= 0.6 is 0 Å². The molecule has 0 heterocycles. The maximum atomic E-state index is 5.39. The van der Waals surface area contributed by atoms with Gasteiger partial charge in [-0.3, -0.25) is 0 Å². The molecule has 0 aliphatic heterocycles. The summed E-state index contributed by atoms with van der Waals surface area (Å²) < 4.78 is 6.19. The molecule has 0 spiro atoms. The van der Waals surface area contributed by atoms with Crippen LogP contribution in [0.15, 0.2) is 30.3 Å². The van der Waals surface area contributed by atoms with Gasteiger partial charge in [0.25, 0.3) is 0 Å². The summed E-state index contributed by atoms with van der Waals surface area (Å²) in [5.41, 5.74) is 1.06. The van der Waals surface area contributed by atoms with Crippen LogP contribution in [-0.4, -0.2) is 11.2 Å². The molecule has 0 N–H and O–H groups in total. The zero-order valence-electron chi connectivity index (χ0n) is 7.19. The van der Waals surface area contributed by atoms with Crippen molar-refractivity contribution in [2.24, 2.45) is 0 Å². The van der Waals surface area contributed by atoms with Gasteiger partial charge in [-0.1, -0.05) is 0 Å². The van der Waals surface area contributed by atoms with Crippen molar-refractivity contribution in [1.82, 2.24) is 0 Å². The first-order valence-corrected chi connectivity index (χ1v) is 4.64. The third kappa shape index (κ3) is 3.57. The molecule has 0 radical (unpaired) electrons. The monoisotopic (exact) mass is 210 g/mol. The van der Waals surface area contributed by atoms with E-state index in [1.54, 1.807) is 0 Å². The molecular formula is C11H10CrO. The van der Waals surface area contributed by atoms with Gasteiger partial charge in [0.15, 0.2) is 0 Å². The van der Waals surface area contributed by atoms with E-state index in [9.17, 15) is 0 Å². The molecule has 1 nitrogen and oxygen atoms in total. The van der Waals surface area contributed by atoms with Gasteiger partial charge in [0, 0.05) is 0 Å². The van der Waals surface area contributed by atoms with Gasteiger partial charge in [0.2, 0.25) is 0 Å². The topological polar surface area (TPSA) is 9.23 Å². The Morgan fingerprint density at radius 3 is 2.69 bits per heavy atom. The fraction of sp³-hybridized carbons (Fsp3) is 0.182. The first-order valence-electron chi connectivity index (χ1n) is 4.00. The van der Waals surface area contributed by atoms with Crippen LogP contribution in [0.3, 0.4) is 0 Å². The molecule has 0 atom stereocenters. The Hall–Kier alpha value is -0.858. The molecule has 13 heavy (non-hydrogen) atoms. The van der Waals surface area contributed by atoms with Crippen molar-refractivity contribution in [1.29, 1.82) is 0 Å². The summed E-state index contributed by atoms with van der Waals surface area (Å²) in [5, 5.41) is 0. The van der Waals surface area contributed by atoms with E-state index in [-0.39, 0.29) is 0 Å². The minimum atomic E-state index is 0.563. The van der Waals surface area contributed by atoms with E-state index in [1.807, 2.05) is 30.3 Å². The molecule has 0 aliphatic rings. The molecule has 0 bridgehead atoms. The van der Waals surface area contributed by atoms with Gasteiger partial charge in [-0.15, -0.1) is 0 Å². The second-order valence-electron chi connectivity index (χ2n) is 2.46. The van der Waals surface area contributed by atoms with Gasteiger partial charge in [-0.2, -0.15) is 0 Å². The van der Waals surface area contributed by atoms with Crippen LogP contribution in [0.25, 0.3) is 0 Å². The van der Waals surface area contributed by atoms with Crippen molar-refractivity contribution in [2.45, 2.75) is 6.42 Å². The maximum absolute atomic E-state index is 5.39. The number of hydrogen-bond donors (Lipinski definition) is 0. The van der Waals surface area contributed by atoms with Crippen LogP contribution < -0.4 is 0 Å². The van der Waals surface area contributed by atoms with Crippen LogP contribution in [0.2, 0.25) is 0 Å². The first kappa shape index (κ1) is 10.2. The molecule has 2 heteroatoms. The average molecular weight is 210 g/mol. The van der Waals surface area contributed by atoms with Gasteiger partial charge < -0.3 is 0 Å². The standard InChI is InChI=1S/C11H10O.Cr/c1-2-3-9-12-10-11-7-5-4-6-8-11;/h1,4-8H,3,9H2;. The molecule has 0 saturated carbocycles. The Labute approximate surface area is 86.7 Å². The molecule has 0 saturated heterocycles. The quantitative estimate of drug-likeness (QED) is 0.543. The SMILES string of the molecule is C#CCCO[C](=[Cr])c1ccccc1. The summed E-state index contributed by atoms with van der Waals surface area (Å²) in [7, 11) is 0. The van der Waals surface area contributed by atoms with Gasteiger partial charge >= 0.3 is 86.4 Å². The Morgan fingerprint density at radius 2 is 2.08 bits per heavy atom. The van der Waals surface area contributed by atoms with Crippen molar-refractivity contribution in [2.75, 3.05) is 6.61 Å². The molecule has 1 aromatic carbocycles. The predicted molar refractivity (Wildman–Crippen MR) is 50.0 cm³/mol. The Bertz CT molecular complexity index is 311. The van der Waals surface area contributed by atoms with Crippen molar-refractivity contribution in [3.8, 4) is 12.3 Å². The molecule has 1 rings (SSSR count). The normalized spacial score (nSPS) is 9.15. The van der Waals surface area contributed by atoms with E-state index < -0.39 is 0 Å². The third-order valence-corrected chi connectivity index (χ3v) is 2.04. The Kier molecular flexibility index (Phi) is 4.51. The second-order valence-corrected chi connectivity index (χ2v) is 3.04. The number of hydrogen-bond acceptors (Lipinski definition) is 1. The van der Waals surface area contributed by atoms with E-state index in [2.05, 4.69) is 21.8 Å². The van der Waals surface area contributed by atoms with Gasteiger partial charge in [0.1, 0.15) is 0 Å². The Balaban J connectivity index is 2.46. The fourth-order valence-electron chi connectivity index (χ4n) is 0.860. The molecule has 1 aromatic rings. The van der Waals surface area contributed by atoms with Crippen LogP contribution in [0.4, 0.5) is 0 Å². The van der Waals surface area contributed by atoms with Gasteiger partial charge in [-0.05, 0) is 0 Å². The number of terminal acetylenes is 1. The van der Waals surface area contributed by atoms with E-state index in [0.717, 1.165) is 10.1 Å². The number of ether oxygens (including phenoxy) is 1. The summed E-state index contributed by atoms with van der Waals surface area (Å²) in [4.78, 5) is 0. The molecule has 0 fully saturated rings. The van der Waals surface area contributed by atoms with Gasteiger partial charge in [0.05, 0.1) is 0 Å². The molecular weight excluding hydrogens is 200 g/mol. The summed E-state index contributed by atoms with van der Waals surface area (Å²) in [6, 6.07) is 9.88. The molecule has 0 aliphatic carbocycles. The molecule has 0 unspecified atom stereocenters. The van der Waals surface area contributed by atoms with E-state index >= 15 is 0 Å². The van der Waals surface area contributed by atoms with Crippen LogP contribution in [0, 0.1) is 12.3 Å². The summed E-state index contributed by atoms with van der Waals surface area (Å²) >= 11 is 2.88. The molecule has 66 valence electrons. The van der Waals surface area contributed by atoms with E-state index in [0.29, 0.717) is 13.0 Å². The number of benzene rings is 1.